The third kappa shape index (κ3) is 2.62. The van der Waals surface area contributed by atoms with Crippen molar-refractivity contribution in [3.8, 4) is 5.75 Å². The van der Waals surface area contributed by atoms with Gasteiger partial charge in [-0.2, -0.15) is 0 Å². The van der Waals surface area contributed by atoms with Crippen LogP contribution in [0.3, 0.4) is 0 Å². The van der Waals surface area contributed by atoms with Gasteiger partial charge in [0.25, 0.3) is 0 Å². The molecule has 0 aliphatic heterocycles. The van der Waals surface area contributed by atoms with Gasteiger partial charge < -0.3 is 14.3 Å². The van der Waals surface area contributed by atoms with Gasteiger partial charge in [0, 0.05) is 16.0 Å². The van der Waals surface area contributed by atoms with E-state index in [9.17, 15) is 5.11 Å². The number of aliphatic hydroxyl groups excluding tert-OH is 1. The smallest absolute Gasteiger partial charge is 0.140 e. The summed E-state index contributed by atoms with van der Waals surface area (Å²) in [6, 6.07) is 12.9. The maximum atomic E-state index is 10.6. The molecule has 0 aliphatic rings. The molecule has 1 heterocycles. The molecule has 1 N–H and O–H groups in total. The molecule has 3 aromatic rings. The van der Waals surface area contributed by atoms with Gasteiger partial charge in [0.2, 0.25) is 0 Å². The summed E-state index contributed by atoms with van der Waals surface area (Å²) in [4.78, 5) is 0. The predicted octanol–water partition coefficient (Wildman–Crippen LogP) is 4.48. The number of aliphatic hydroxyl groups is 1. The van der Waals surface area contributed by atoms with E-state index < -0.39 is 6.10 Å². The van der Waals surface area contributed by atoms with Crippen LogP contribution in [-0.2, 0) is 0 Å². The zero-order valence-electron chi connectivity index (χ0n) is 11.8. The van der Waals surface area contributed by atoms with Crippen molar-refractivity contribution in [2.45, 2.75) is 13.0 Å². The molecular weight excluding hydrogens is 288 g/mol. The SMILES string of the molecule is COc1ccc(Cl)cc1C(O)c1cc2cc(C)ccc2o1. The molecule has 1 aromatic heterocycles. The minimum absolute atomic E-state index is 0.469. The van der Waals surface area contributed by atoms with Crippen molar-refractivity contribution in [1.29, 1.82) is 0 Å². The summed E-state index contributed by atoms with van der Waals surface area (Å²) in [6.07, 6.45) is -0.925. The Hall–Kier alpha value is -1.97. The molecule has 0 amide bonds. The minimum atomic E-state index is -0.925. The van der Waals surface area contributed by atoms with Gasteiger partial charge in [-0.05, 0) is 43.3 Å². The Morgan fingerprint density at radius 3 is 2.71 bits per heavy atom. The molecule has 0 aliphatic carbocycles. The normalized spacial score (nSPS) is 12.6. The molecule has 2 aromatic carbocycles. The van der Waals surface area contributed by atoms with E-state index in [-0.39, 0.29) is 0 Å². The molecular formula is C17H15ClO3. The molecule has 0 fully saturated rings. The fourth-order valence-electron chi connectivity index (χ4n) is 2.39. The van der Waals surface area contributed by atoms with Crippen LogP contribution in [0.4, 0.5) is 0 Å². The van der Waals surface area contributed by atoms with Crippen LogP contribution in [0.15, 0.2) is 46.9 Å². The fourth-order valence-corrected chi connectivity index (χ4v) is 2.57. The van der Waals surface area contributed by atoms with E-state index in [0.29, 0.717) is 22.1 Å². The number of aryl methyl sites for hydroxylation is 1. The van der Waals surface area contributed by atoms with Crippen LogP contribution in [0.1, 0.15) is 23.0 Å². The van der Waals surface area contributed by atoms with Crippen LogP contribution < -0.4 is 4.74 Å². The van der Waals surface area contributed by atoms with Crippen molar-refractivity contribution in [2.75, 3.05) is 7.11 Å². The Balaban J connectivity index is 2.07. The van der Waals surface area contributed by atoms with Crippen LogP contribution in [0.5, 0.6) is 5.75 Å². The number of rotatable bonds is 3. The molecule has 0 spiro atoms. The molecule has 0 saturated heterocycles. The number of benzene rings is 2. The maximum absolute atomic E-state index is 10.6. The summed E-state index contributed by atoms with van der Waals surface area (Å²) in [5, 5.41) is 12.1. The second-order valence-electron chi connectivity index (χ2n) is 4.98. The largest absolute Gasteiger partial charge is 0.496 e. The highest BCUT2D eigenvalue weighted by atomic mass is 35.5. The zero-order valence-corrected chi connectivity index (χ0v) is 12.5. The van der Waals surface area contributed by atoms with E-state index in [1.807, 2.05) is 31.2 Å². The number of fused-ring (bicyclic) bond motifs is 1. The second-order valence-corrected chi connectivity index (χ2v) is 5.42. The van der Waals surface area contributed by atoms with Crippen molar-refractivity contribution in [3.05, 3.63) is 64.4 Å². The summed E-state index contributed by atoms with van der Waals surface area (Å²) in [5.74, 6) is 1.04. The lowest BCUT2D eigenvalue weighted by Gasteiger charge is -2.13. The van der Waals surface area contributed by atoms with Gasteiger partial charge in [-0.25, -0.2) is 0 Å². The Morgan fingerprint density at radius 2 is 1.95 bits per heavy atom. The van der Waals surface area contributed by atoms with Crippen LogP contribution in [-0.4, -0.2) is 12.2 Å². The van der Waals surface area contributed by atoms with E-state index >= 15 is 0 Å². The van der Waals surface area contributed by atoms with Gasteiger partial charge in [-0.1, -0.05) is 23.2 Å². The zero-order chi connectivity index (χ0) is 15.0. The average molecular weight is 303 g/mol. The quantitative estimate of drug-likeness (QED) is 0.775. The van der Waals surface area contributed by atoms with E-state index in [4.69, 9.17) is 20.8 Å². The van der Waals surface area contributed by atoms with Crippen LogP contribution >= 0.6 is 11.6 Å². The summed E-state index contributed by atoms with van der Waals surface area (Å²) in [5.41, 5.74) is 2.47. The number of furan rings is 1. The van der Waals surface area contributed by atoms with Crippen LogP contribution in [0, 0.1) is 6.92 Å². The van der Waals surface area contributed by atoms with Crippen LogP contribution in [0.2, 0.25) is 5.02 Å². The first-order valence-electron chi connectivity index (χ1n) is 6.60. The van der Waals surface area contributed by atoms with Crippen molar-refractivity contribution in [3.63, 3.8) is 0 Å². The van der Waals surface area contributed by atoms with Gasteiger partial charge >= 0.3 is 0 Å². The lowest BCUT2D eigenvalue weighted by Crippen LogP contribution is -2.01. The van der Waals surface area contributed by atoms with Gasteiger partial charge in [0.1, 0.15) is 23.2 Å². The van der Waals surface area contributed by atoms with Crippen molar-refractivity contribution >= 4 is 22.6 Å². The Kier molecular flexibility index (Phi) is 3.62. The predicted molar refractivity (Wildman–Crippen MR) is 83.0 cm³/mol. The molecule has 21 heavy (non-hydrogen) atoms. The highest BCUT2D eigenvalue weighted by molar-refractivity contribution is 6.30. The third-order valence-electron chi connectivity index (χ3n) is 3.45. The van der Waals surface area contributed by atoms with E-state index in [0.717, 1.165) is 16.5 Å². The molecule has 0 bridgehead atoms. The summed E-state index contributed by atoms with van der Waals surface area (Å²) >= 11 is 6.01. The Morgan fingerprint density at radius 1 is 1.14 bits per heavy atom. The number of hydrogen-bond acceptors (Lipinski definition) is 3. The van der Waals surface area contributed by atoms with Crippen molar-refractivity contribution in [2.24, 2.45) is 0 Å². The van der Waals surface area contributed by atoms with E-state index in [1.54, 1.807) is 25.3 Å². The number of ether oxygens (including phenoxy) is 1. The highest BCUT2D eigenvalue weighted by Gasteiger charge is 2.20. The molecule has 3 nitrogen and oxygen atoms in total. The first-order chi connectivity index (χ1) is 10.1. The third-order valence-corrected chi connectivity index (χ3v) is 3.68. The molecule has 1 atom stereocenters. The van der Waals surface area contributed by atoms with Crippen molar-refractivity contribution in [1.82, 2.24) is 0 Å². The lowest BCUT2D eigenvalue weighted by atomic mass is 10.1. The van der Waals surface area contributed by atoms with Gasteiger partial charge in [0.05, 0.1) is 7.11 Å². The molecule has 3 rings (SSSR count). The minimum Gasteiger partial charge on any atom is -0.496 e. The molecule has 108 valence electrons. The topological polar surface area (TPSA) is 42.6 Å². The van der Waals surface area contributed by atoms with Crippen molar-refractivity contribution < 1.29 is 14.3 Å². The molecule has 4 heteroatoms. The van der Waals surface area contributed by atoms with E-state index in [2.05, 4.69) is 0 Å². The Labute approximate surface area is 127 Å². The molecule has 0 radical (unpaired) electrons. The summed E-state index contributed by atoms with van der Waals surface area (Å²) in [7, 11) is 1.56. The maximum Gasteiger partial charge on any atom is 0.140 e. The van der Waals surface area contributed by atoms with E-state index in [1.165, 1.54) is 0 Å². The number of halogens is 1. The van der Waals surface area contributed by atoms with Gasteiger partial charge in [-0.3, -0.25) is 0 Å². The monoisotopic (exact) mass is 302 g/mol. The fraction of sp³-hybridized carbons (Fsp3) is 0.176. The Bertz CT molecular complexity index is 792. The van der Waals surface area contributed by atoms with Gasteiger partial charge in [0.15, 0.2) is 0 Å². The summed E-state index contributed by atoms with van der Waals surface area (Å²) < 4.78 is 11.0. The highest BCUT2D eigenvalue weighted by Crippen LogP contribution is 2.34. The van der Waals surface area contributed by atoms with Gasteiger partial charge in [-0.15, -0.1) is 0 Å². The number of hydrogen-bond donors (Lipinski definition) is 1. The number of methoxy groups -OCH3 is 1. The summed E-state index contributed by atoms with van der Waals surface area (Å²) in [6.45, 7) is 2.02. The van der Waals surface area contributed by atoms with Crippen LogP contribution in [0.25, 0.3) is 11.0 Å². The average Bonchev–Trinajstić information content (AvgIpc) is 2.89. The molecule has 0 saturated carbocycles. The molecule has 1 unspecified atom stereocenters. The first kappa shape index (κ1) is 14.0. The second kappa shape index (κ2) is 5.43. The standard InChI is InChI=1S/C17H15ClO3/c1-10-3-5-14-11(7-10)8-16(21-14)17(19)13-9-12(18)4-6-15(13)20-2/h3-9,17,19H,1-2H3. The first-order valence-corrected chi connectivity index (χ1v) is 6.98. The lowest BCUT2D eigenvalue weighted by molar-refractivity contribution is 0.188.